The Labute approximate surface area is 118 Å². The highest BCUT2D eigenvalue weighted by atomic mass is 16.6. The maximum atomic E-state index is 12.5. The number of esters is 2. The second-order valence-corrected chi connectivity index (χ2v) is 5.97. The lowest BCUT2D eigenvalue weighted by atomic mass is 9.61. The molecular weight excluding hydrogens is 256 g/mol. The molecule has 4 nitrogen and oxygen atoms in total. The van der Waals surface area contributed by atoms with Gasteiger partial charge in [-0.15, -0.1) is 0 Å². The molecule has 3 rings (SSSR count). The predicted octanol–water partition coefficient (Wildman–Crippen LogP) is 2.52. The minimum atomic E-state index is -1.19. The molecule has 1 saturated carbocycles. The topological polar surface area (TPSA) is 52.6 Å². The molecule has 0 amide bonds. The van der Waals surface area contributed by atoms with E-state index < -0.39 is 22.8 Å². The SMILES string of the molecule is COC(=O)[C@]12CCC[C@]1(C)c1cc(C)ccc1OC2=O. The van der Waals surface area contributed by atoms with Crippen LogP contribution in [0.15, 0.2) is 18.2 Å². The molecule has 20 heavy (non-hydrogen) atoms. The van der Waals surface area contributed by atoms with E-state index in [0.717, 1.165) is 24.0 Å². The number of methoxy groups -OCH3 is 1. The Hall–Kier alpha value is -1.84. The molecule has 2 atom stereocenters. The lowest BCUT2D eigenvalue weighted by Gasteiger charge is -2.43. The third kappa shape index (κ3) is 1.37. The Morgan fingerprint density at radius 1 is 1.35 bits per heavy atom. The number of hydrogen-bond donors (Lipinski definition) is 0. The first-order valence-electron chi connectivity index (χ1n) is 6.87. The van der Waals surface area contributed by atoms with Crippen molar-refractivity contribution in [3.05, 3.63) is 29.3 Å². The Balaban J connectivity index is 2.27. The van der Waals surface area contributed by atoms with E-state index in [2.05, 4.69) is 0 Å². The van der Waals surface area contributed by atoms with Crippen molar-refractivity contribution in [1.29, 1.82) is 0 Å². The molecule has 0 N–H and O–H groups in total. The Morgan fingerprint density at radius 2 is 2.10 bits per heavy atom. The molecule has 1 aliphatic carbocycles. The van der Waals surface area contributed by atoms with Crippen LogP contribution in [0.3, 0.4) is 0 Å². The number of benzene rings is 1. The average Bonchev–Trinajstić information content (AvgIpc) is 2.79. The number of hydrogen-bond acceptors (Lipinski definition) is 4. The lowest BCUT2D eigenvalue weighted by molar-refractivity contribution is -0.171. The van der Waals surface area contributed by atoms with Crippen LogP contribution in [-0.2, 0) is 19.7 Å². The van der Waals surface area contributed by atoms with Crippen molar-refractivity contribution in [1.82, 2.24) is 0 Å². The average molecular weight is 274 g/mol. The van der Waals surface area contributed by atoms with Gasteiger partial charge in [-0.1, -0.05) is 31.0 Å². The van der Waals surface area contributed by atoms with Crippen molar-refractivity contribution in [2.24, 2.45) is 5.41 Å². The number of ether oxygens (including phenoxy) is 2. The highest BCUT2D eigenvalue weighted by Gasteiger charge is 2.67. The maximum Gasteiger partial charge on any atom is 0.329 e. The number of rotatable bonds is 1. The molecule has 0 saturated heterocycles. The van der Waals surface area contributed by atoms with Crippen LogP contribution in [-0.4, -0.2) is 19.0 Å². The highest BCUT2D eigenvalue weighted by Crippen LogP contribution is 2.60. The van der Waals surface area contributed by atoms with Gasteiger partial charge in [0.1, 0.15) is 5.75 Å². The normalized spacial score (nSPS) is 31.2. The third-order valence-corrected chi connectivity index (χ3v) is 4.98. The fraction of sp³-hybridized carbons (Fsp3) is 0.500. The highest BCUT2D eigenvalue weighted by molar-refractivity contribution is 6.04. The minimum Gasteiger partial charge on any atom is -0.468 e. The second kappa shape index (κ2) is 4.08. The van der Waals surface area contributed by atoms with Gasteiger partial charge < -0.3 is 9.47 Å². The first-order valence-corrected chi connectivity index (χ1v) is 6.87. The molecule has 0 radical (unpaired) electrons. The van der Waals surface area contributed by atoms with Gasteiger partial charge in [-0.3, -0.25) is 9.59 Å². The van der Waals surface area contributed by atoms with E-state index in [1.54, 1.807) is 0 Å². The van der Waals surface area contributed by atoms with Crippen LogP contribution < -0.4 is 4.74 Å². The van der Waals surface area contributed by atoms with Gasteiger partial charge in [-0.25, -0.2) is 0 Å². The molecule has 2 aliphatic rings. The number of carbonyl (C=O) groups is 2. The summed E-state index contributed by atoms with van der Waals surface area (Å²) in [7, 11) is 1.33. The van der Waals surface area contributed by atoms with Gasteiger partial charge in [0.05, 0.1) is 7.11 Å². The number of fused-ring (bicyclic) bond motifs is 3. The van der Waals surface area contributed by atoms with Crippen molar-refractivity contribution < 1.29 is 19.1 Å². The first kappa shape index (κ1) is 13.2. The minimum absolute atomic E-state index is 0.472. The fourth-order valence-corrected chi connectivity index (χ4v) is 3.82. The smallest absolute Gasteiger partial charge is 0.329 e. The third-order valence-electron chi connectivity index (χ3n) is 4.98. The summed E-state index contributed by atoms with van der Waals surface area (Å²) in [4.78, 5) is 24.9. The summed E-state index contributed by atoms with van der Waals surface area (Å²) in [5, 5.41) is 0. The molecule has 0 aromatic heterocycles. The molecule has 4 heteroatoms. The summed E-state index contributed by atoms with van der Waals surface area (Å²) in [6.45, 7) is 3.98. The molecule has 106 valence electrons. The summed E-state index contributed by atoms with van der Waals surface area (Å²) >= 11 is 0. The van der Waals surface area contributed by atoms with E-state index in [1.807, 2.05) is 32.0 Å². The van der Waals surface area contributed by atoms with E-state index in [0.29, 0.717) is 12.2 Å². The molecule has 1 fully saturated rings. The van der Waals surface area contributed by atoms with Gasteiger partial charge in [-0.2, -0.15) is 0 Å². The molecular formula is C16H18O4. The quantitative estimate of drug-likeness (QED) is 0.448. The van der Waals surface area contributed by atoms with Crippen molar-refractivity contribution in [2.75, 3.05) is 7.11 Å². The van der Waals surface area contributed by atoms with E-state index in [1.165, 1.54) is 7.11 Å². The van der Waals surface area contributed by atoms with E-state index in [4.69, 9.17) is 9.47 Å². The molecule has 1 aliphatic heterocycles. The van der Waals surface area contributed by atoms with Crippen molar-refractivity contribution in [2.45, 2.75) is 38.5 Å². The summed E-state index contributed by atoms with van der Waals surface area (Å²) in [5.41, 5.74) is 0.299. The first-order chi connectivity index (χ1) is 9.45. The summed E-state index contributed by atoms with van der Waals surface area (Å²) in [5.74, 6) is -0.375. The van der Waals surface area contributed by atoms with Gasteiger partial charge in [0.25, 0.3) is 0 Å². The van der Waals surface area contributed by atoms with Gasteiger partial charge in [0.15, 0.2) is 5.41 Å². The van der Waals surface area contributed by atoms with Gasteiger partial charge in [0, 0.05) is 11.0 Å². The molecule has 0 unspecified atom stereocenters. The Kier molecular flexibility index (Phi) is 2.68. The monoisotopic (exact) mass is 274 g/mol. The number of aryl methyl sites for hydroxylation is 1. The maximum absolute atomic E-state index is 12.5. The van der Waals surface area contributed by atoms with Crippen LogP contribution in [0.2, 0.25) is 0 Å². The lowest BCUT2D eigenvalue weighted by Crippen LogP contribution is -2.56. The fourth-order valence-electron chi connectivity index (χ4n) is 3.82. The molecule has 0 spiro atoms. The van der Waals surface area contributed by atoms with E-state index >= 15 is 0 Å². The van der Waals surface area contributed by atoms with E-state index in [9.17, 15) is 9.59 Å². The summed E-state index contributed by atoms with van der Waals surface area (Å²) in [6, 6.07) is 5.74. The molecule has 1 heterocycles. The summed E-state index contributed by atoms with van der Waals surface area (Å²) in [6.07, 6.45) is 2.09. The standard InChI is InChI=1S/C16H18O4/c1-10-5-6-12-11(9-10)15(2)7-4-8-16(15,13(17)19-3)14(18)20-12/h5-6,9H,4,7-8H2,1-3H3/t15-,16+/m1/s1. The largest absolute Gasteiger partial charge is 0.468 e. The van der Waals surface area contributed by atoms with Crippen LogP contribution in [0.25, 0.3) is 0 Å². The zero-order valence-electron chi connectivity index (χ0n) is 12.0. The molecule has 1 aromatic carbocycles. The molecule has 0 bridgehead atoms. The van der Waals surface area contributed by atoms with Gasteiger partial charge in [-0.05, 0) is 25.8 Å². The summed E-state index contributed by atoms with van der Waals surface area (Å²) < 4.78 is 10.4. The van der Waals surface area contributed by atoms with Gasteiger partial charge in [0.2, 0.25) is 0 Å². The van der Waals surface area contributed by atoms with E-state index in [-0.39, 0.29) is 0 Å². The zero-order valence-corrected chi connectivity index (χ0v) is 12.0. The number of carbonyl (C=O) groups excluding carboxylic acids is 2. The van der Waals surface area contributed by atoms with Crippen molar-refractivity contribution in [3.8, 4) is 5.75 Å². The Morgan fingerprint density at radius 3 is 2.80 bits per heavy atom. The van der Waals surface area contributed by atoms with Crippen LogP contribution in [0.1, 0.15) is 37.3 Å². The Bertz CT molecular complexity index is 606. The van der Waals surface area contributed by atoms with Crippen LogP contribution in [0.5, 0.6) is 5.75 Å². The molecule has 1 aromatic rings. The van der Waals surface area contributed by atoms with Crippen molar-refractivity contribution >= 4 is 11.9 Å². The predicted molar refractivity (Wildman–Crippen MR) is 72.5 cm³/mol. The second-order valence-electron chi connectivity index (χ2n) is 5.97. The zero-order chi connectivity index (χ0) is 14.5. The van der Waals surface area contributed by atoms with Crippen LogP contribution >= 0.6 is 0 Å². The van der Waals surface area contributed by atoms with Crippen LogP contribution in [0, 0.1) is 12.3 Å². The van der Waals surface area contributed by atoms with Gasteiger partial charge >= 0.3 is 11.9 Å². The van der Waals surface area contributed by atoms with Crippen LogP contribution in [0.4, 0.5) is 0 Å². The van der Waals surface area contributed by atoms with Crippen molar-refractivity contribution in [3.63, 3.8) is 0 Å².